The predicted octanol–water partition coefficient (Wildman–Crippen LogP) is 3.12. The van der Waals surface area contributed by atoms with E-state index in [1.165, 1.54) is 10.4 Å². The lowest BCUT2D eigenvalue weighted by Gasteiger charge is -2.32. The zero-order valence-electron chi connectivity index (χ0n) is 18.7. The number of nitrogens with zero attached hydrogens (tertiary/aromatic N) is 3. The molecule has 2 saturated heterocycles. The van der Waals surface area contributed by atoms with E-state index in [1.807, 2.05) is 24.3 Å². The summed E-state index contributed by atoms with van der Waals surface area (Å²) in [4.78, 5) is 29.7. The summed E-state index contributed by atoms with van der Waals surface area (Å²) in [6.07, 6.45) is 3.62. The molecule has 1 amide bonds. The number of para-hydroxylation sites is 2. The number of carbonyl (C=O) groups excluding carboxylic acids is 1. The standard InChI is InChI=1S/C24H27FN4O4S/c25-19-9-8-17(16-22(19)34(32,33)28-12-4-1-5-13-28)23(30)27-14-10-18(11-15-27)29-21-7-3-2-6-20(21)26-24(29)31/h2-3,6-9,16,18H,1,4-5,10-15H2,(H,26,31). The largest absolute Gasteiger partial charge is 0.338 e. The summed E-state index contributed by atoms with van der Waals surface area (Å²) in [5.74, 6) is -1.18. The van der Waals surface area contributed by atoms with Gasteiger partial charge >= 0.3 is 5.69 Å². The molecule has 3 aromatic rings. The number of nitrogens with one attached hydrogen (secondary N) is 1. The molecule has 8 nitrogen and oxygen atoms in total. The van der Waals surface area contributed by atoms with E-state index in [9.17, 15) is 22.4 Å². The van der Waals surface area contributed by atoms with Gasteiger partial charge in [-0.15, -0.1) is 0 Å². The third-order valence-corrected chi connectivity index (χ3v) is 8.77. The molecular weight excluding hydrogens is 459 g/mol. The lowest BCUT2D eigenvalue weighted by molar-refractivity contribution is 0.0694. The Morgan fingerprint density at radius 2 is 1.68 bits per heavy atom. The van der Waals surface area contributed by atoms with E-state index in [0.717, 1.165) is 42.4 Å². The number of benzene rings is 2. The predicted molar refractivity (Wildman–Crippen MR) is 126 cm³/mol. The van der Waals surface area contributed by atoms with Crippen LogP contribution in [0, 0.1) is 5.82 Å². The maximum absolute atomic E-state index is 14.5. The quantitative estimate of drug-likeness (QED) is 0.613. The zero-order valence-corrected chi connectivity index (χ0v) is 19.6. The van der Waals surface area contributed by atoms with Gasteiger partial charge in [-0.2, -0.15) is 4.31 Å². The van der Waals surface area contributed by atoms with Crippen LogP contribution in [0.4, 0.5) is 4.39 Å². The smallest absolute Gasteiger partial charge is 0.326 e. The van der Waals surface area contributed by atoms with Crippen molar-refractivity contribution in [2.24, 2.45) is 0 Å². The van der Waals surface area contributed by atoms with Crippen molar-refractivity contribution in [3.63, 3.8) is 0 Å². The van der Waals surface area contributed by atoms with Crippen LogP contribution in [0.25, 0.3) is 11.0 Å². The number of hydrogen-bond acceptors (Lipinski definition) is 4. The highest BCUT2D eigenvalue weighted by molar-refractivity contribution is 7.89. The Bertz CT molecular complexity index is 1380. The third kappa shape index (κ3) is 4.05. The Labute approximate surface area is 197 Å². The molecule has 0 atom stereocenters. The minimum Gasteiger partial charge on any atom is -0.338 e. The fraction of sp³-hybridized carbons (Fsp3) is 0.417. The van der Waals surface area contributed by atoms with Crippen molar-refractivity contribution >= 4 is 27.0 Å². The average Bonchev–Trinajstić information content (AvgIpc) is 3.20. The molecule has 3 heterocycles. The summed E-state index contributed by atoms with van der Waals surface area (Å²) in [5.41, 5.74) is 1.60. The number of hydrogen-bond donors (Lipinski definition) is 1. The van der Waals surface area contributed by atoms with Crippen LogP contribution in [0.3, 0.4) is 0 Å². The second-order valence-corrected chi connectivity index (χ2v) is 10.9. The first-order valence-corrected chi connectivity index (χ1v) is 13.1. The fourth-order valence-electron chi connectivity index (χ4n) is 5.02. The highest BCUT2D eigenvalue weighted by Gasteiger charge is 2.31. The van der Waals surface area contributed by atoms with Gasteiger partial charge in [0, 0.05) is 37.8 Å². The fourth-order valence-corrected chi connectivity index (χ4v) is 6.63. The van der Waals surface area contributed by atoms with Gasteiger partial charge in [0.25, 0.3) is 5.91 Å². The second-order valence-electron chi connectivity index (χ2n) is 8.95. The van der Waals surface area contributed by atoms with Crippen LogP contribution in [0.2, 0.25) is 0 Å². The summed E-state index contributed by atoms with van der Waals surface area (Å²) in [5, 5.41) is 0. The molecule has 2 aliphatic heterocycles. The van der Waals surface area contributed by atoms with Gasteiger partial charge < -0.3 is 9.88 Å². The lowest BCUT2D eigenvalue weighted by atomic mass is 10.0. The summed E-state index contributed by atoms with van der Waals surface area (Å²) in [6, 6.07) is 11.0. The molecule has 0 spiro atoms. The molecule has 5 rings (SSSR count). The van der Waals surface area contributed by atoms with E-state index >= 15 is 0 Å². The van der Waals surface area contributed by atoms with Crippen LogP contribution in [0.15, 0.2) is 52.2 Å². The van der Waals surface area contributed by atoms with Crippen LogP contribution >= 0.6 is 0 Å². The molecule has 180 valence electrons. The van der Waals surface area contributed by atoms with Gasteiger partial charge in [0.2, 0.25) is 10.0 Å². The number of fused-ring (bicyclic) bond motifs is 1. The minimum atomic E-state index is -4.00. The van der Waals surface area contributed by atoms with Crippen LogP contribution in [0.1, 0.15) is 48.5 Å². The van der Waals surface area contributed by atoms with E-state index in [2.05, 4.69) is 4.98 Å². The van der Waals surface area contributed by atoms with Crippen molar-refractivity contribution in [2.75, 3.05) is 26.2 Å². The summed E-state index contributed by atoms with van der Waals surface area (Å²) in [6.45, 7) is 1.56. The van der Waals surface area contributed by atoms with Crippen LogP contribution in [-0.2, 0) is 10.0 Å². The number of H-pyrrole nitrogens is 1. The maximum Gasteiger partial charge on any atom is 0.326 e. The topological polar surface area (TPSA) is 95.5 Å². The van der Waals surface area contributed by atoms with Crippen molar-refractivity contribution in [1.82, 2.24) is 18.8 Å². The Hall–Kier alpha value is -2.98. The Morgan fingerprint density at radius 1 is 0.971 bits per heavy atom. The number of likely N-dealkylation sites (tertiary alicyclic amines) is 1. The van der Waals surface area contributed by atoms with Gasteiger partial charge in [0.1, 0.15) is 10.7 Å². The number of imidazole rings is 1. The SMILES string of the molecule is O=C(c1ccc(F)c(S(=O)(=O)N2CCCCC2)c1)N1CCC(n2c(=O)[nH]c3ccccc32)CC1. The highest BCUT2D eigenvalue weighted by Crippen LogP contribution is 2.28. The van der Waals surface area contributed by atoms with Crippen molar-refractivity contribution in [2.45, 2.75) is 43.0 Å². The molecule has 0 bridgehead atoms. The van der Waals surface area contributed by atoms with Gasteiger partial charge in [-0.05, 0) is 56.0 Å². The number of aromatic nitrogens is 2. The van der Waals surface area contributed by atoms with Crippen molar-refractivity contribution in [3.05, 3.63) is 64.3 Å². The molecule has 1 N–H and O–H groups in total. The third-order valence-electron chi connectivity index (χ3n) is 6.85. The Kier molecular flexibility index (Phi) is 6.03. The van der Waals surface area contributed by atoms with Gasteiger partial charge in [-0.1, -0.05) is 18.6 Å². The van der Waals surface area contributed by atoms with E-state index in [4.69, 9.17) is 0 Å². The van der Waals surface area contributed by atoms with E-state index in [1.54, 1.807) is 9.47 Å². The molecular formula is C24H27FN4O4S. The minimum absolute atomic E-state index is 0.0454. The summed E-state index contributed by atoms with van der Waals surface area (Å²) >= 11 is 0. The van der Waals surface area contributed by atoms with Gasteiger partial charge in [0.15, 0.2) is 0 Å². The number of amides is 1. The molecule has 1 aromatic heterocycles. The summed E-state index contributed by atoms with van der Waals surface area (Å²) < 4.78 is 43.6. The van der Waals surface area contributed by atoms with Crippen LogP contribution in [-0.4, -0.2) is 59.3 Å². The molecule has 0 radical (unpaired) electrons. The Morgan fingerprint density at radius 3 is 2.41 bits per heavy atom. The zero-order chi connectivity index (χ0) is 23.9. The number of carbonyl (C=O) groups is 1. The number of halogens is 1. The lowest BCUT2D eigenvalue weighted by Crippen LogP contribution is -2.40. The number of piperidine rings is 2. The Balaban J connectivity index is 1.33. The first kappa shape index (κ1) is 22.8. The maximum atomic E-state index is 14.5. The monoisotopic (exact) mass is 486 g/mol. The van der Waals surface area contributed by atoms with E-state index in [0.29, 0.717) is 39.0 Å². The van der Waals surface area contributed by atoms with Gasteiger partial charge in [-0.25, -0.2) is 17.6 Å². The van der Waals surface area contributed by atoms with Crippen molar-refractivity contribution in [1.29, 1.82) is 0 Å². The molecule has 0 unspecified atom stereocenters. The van der Waals surface area contributed by atoms with Crippen molar-refractivity contribution < 1.29 is 17.6 Å². The van der Waals surface area contributed by atoms with Crippen molar-refractivity contribution in [3.8, 4) is 0 Å². The number of sulfonamides is 1. The highest BCUT2D eigenvalue weighted by atomic mass is 32.2. The van der Waals surface area contributed by atoms with Crippen LogP contribution in [0.5, 0.6) is 0 Å². The average molecular weight is 487 g/mol. The molecule has 10 heteroatoms. The number of rotatable bonds is 4. The van der Waals surface area contributed by atoms with Gasteiger partial charge in [-0.3, -0.25) is 9.36 Å². The second kappa shape index (κ2) is 8.99. The number of aromatic amines is 1. The first-order chi connectivity index (χ1) is 16.4. The molecule has 0 saturated carbocycles. The molecule has 2 aliphatic rings. The normalized spacial score (nSPS) is 18.4. The van der Waals surface area contributed by atoms with E-state index in [-0.39, 0.29) is 23.2 Å². The van der Waals surface area contributed by atoms with E-state index < -0.39 is 20.7 Å². The molecule has 34 heavy (non-hydrogen) atoms. The molecule has 2 aromatic carbocycles. The van der Waals surface area contributed by atoms with Crippen LogP contribution < -0.4 is 5.69 Å². The molecule has 0 aliphatic carbocycles. The van der Waals surface area contributed by atoms with Gasteiger partial charge in [0.05, 0.1) is 11.0 Å². The molecule has 2 fully saturated rings. The summed E-state index contributed by atoms with van der Waals surface area (Å²) in [7, 11) is -4.00. The first-order valence-electron chi connectivity index (χ1n) is 11.6.